The molecule has 0 aliphatic heterocycles. The highest BCUT2D eigenvalue weighted by molar-refractivity contribution is 6.00. The number of unbranched alkanes of at least 4 members (excludes halogenated alkanes) is 3. The first-order chi connectivity index (χ1) is 11.1. The second-order valence-electron chi connectivity index (χ2n) is 5.94. The van der Waals surface area contributed by atoms with E-state index in [9.17, 15) is 9.59 Å². The van der Waals surface area contributed by atoms with Crippen molar-refractivity contribution in [3.05, 3.63) is 47.5 Å². The summed E-state index contributed by atoms with van der Waals surface area (Å²) < 4.78 is 0. The number of nitrogens with one attached hydrogen (secondary N) is 1. The predicted octanol–water partition coefficient (Wildman–Crippen LogP) is 3.35. The van der Waals surface area contributed by atoms with E-state index in [1.54, 1.807) is 5.48 Å². The van der Waals surface area contributed by atoms with Gasteiger partial charge in [-0.2, -0.15) is 0 Å². The van der Waals surface area contributed by atoms with Crippen LogP contribution in [0.25, 0.3) is 10.8 Å². The molecule has 0 aliphatic carbocycles. The van der Waals surface area contributed by atoms with Gasteiger partial charge in [0.05, 0.1) is 0 Å². The van der Waals surface area contributed by atoms with Crippen molar-refractivity contribution in [2.75, 3.05) is 0 Å². The van der Waals surface area contributed by atoms with Crippen LogP contribution in [0.4, 0.5) is 0 Å². The summed E-state index contributed by atoms with van der Waals surface area (Å²) >= 11 is 0. The first-order valence-electron chi connectivity index (χ1n) is 8.07. The number of benzene rings is 2. The Kier molecular flexibility index (Phi) is 8.09. The first kappa shape index (κ1) is 19.8. The highest BCUT2D eigenvalue weighted by atomic mass is 16.5. The molecule has 5 nitrogen and oxygen atoms in total. The third kappa shape index (κ3) is 5.76. The number of hydrogen-bond acceptors (Lipinski definition) is 3. The van der Waals surface area contributed by atoms with Crippen molar-refractivity contribution in [2.45, 2.75) is 45.4 Å². The summed E-state index contributed by atoms with van der Waals surface area (Å²) in [5.41, 5.74) is 3.60. The Bertz CT molecular complexity index is 697. The number of hydroxylamine groups is 1. The maximum Gasteiger partial charge on any atom is 0.243 e. The van der Waals surface area contributed by atoms with Gasteiger partial charge in [-0.3, -0.25) is 14.8 Å². The standard InChI is InChI=1S/C19H23NO3.H2O/c1-14-8-9-16-13-17(11-10-15(16)12-14)18(21)6-4-2-3-5-7-19(22)20-23;/h8-13,23H,2-7H2,1H3,(H,20,22);1H2. The van der Waals surface area contributed by atoms with Crippen LogP contribution >= 0.6 is 0 Å². The Morgan fingerprint density at radius 2 is 1.54 bits per heavy atom. The molecule has 0 radical (unpaired) electrons. The number of aryl methyl sites for hydroxylation is 1. The number of amides is 1. The first-order valence-corrected chi connectivity index (χ1v) is 8.07. The summed E-state index contributed by atoms with van der Waals surface area (Å²) in [4.78, 5) is 23.1. The van der Waals surface area contributed by atoms with Gasteiger partial charge in [0.15, 0.2) is 5.78 Å². The summed E-state index contributed by atoms with van der Waals surface area (Å²) in [6.07, 6.45) is 4.22. The number of hydrogen-bond donors (Lipinski definition) is 2. The molecule has 2 aromatic rings. The highest BCUT2D eigenvalue weighted by Gasteiger charge is 2.07. The Hall–Kier alpha value is -2.24. The van der Waals surface area contributed by atoms with Crippen LogP contribution in [0, 0.1) is 6.92 Å². The molecule has 0 saturated carbocycles. The number of ketones is 1. The van der Waals surface area contributed by atoms with E-state index in [0.29, 0.717) is 12.8 Å². The number of Topliss-reactive ketones (excluding diaryl/α,β-unsaturated/α-hetero) is 1. The molecule has 0 heterocycles. The van der Waals surface area contributed by atoms with Crippen LogP contribution in [0.3, 0.4) is 0 Å². The predicted molar refractivity (Wildman–Crippen MR) is 94.3 cm³/mol. The van der Waals surface area contributed by atoms with Gasteiger partial charge in [-0.25, -0.2) is 5.48 Å². The molecule has 0 unspecified atom stereocenters. The largest absolute Gasteiger partial charge is 0.412 e. The SMILES string of the molecule is Cc1ccc2cc(C(=O)CCCCCCC(=O)NO)ccc2c1.O. The van der Waals surface area contributed by atoms with Gasteiger partial charge >= 0.3 is 0 Å². The van der Waals surface area contributed by atoms with E-state index in [1.165, 1.54) is 5.56 Å². The summed E-state index contributed by atoms with van der Waals surface area (Å²) in [6, 6.07) is 12.1. The van der Waals surface area contributed by atoms with Crippen molar-refractivity contribution in [3.63, 3.8) is 0 Å². The average Bonchev–Trinajstić information content (AvgIpc) is 2.56. The lowest BCUT2D eigenvalue weighted by atomic mass is 9.99. The number of carbonyl (C=O) groups excluding carboxylic acids is 2. The van der Waals surface area contributed by atoms with Crippen molar-refractivity contribution >= 4 is 22.5 Å². The van der Waals surface area contributed by atoms with Gasteiger partial charge in [-0.05, 0) is 36.6 Å². The van der Waals surface area contributed by atoms with Crippen LogP contribution in [-0.4, -0.2) is 22.4 Å². The van der Waals surface area contributed by atoms with Crippen LogP contribution in [0.1, 0.15) is 54.4 Å². The molecule has 2 rings (SSSR count). The Labute approximate surface area is 141 Å². The molecule has 1 amide bonds. The monoisotopic (exact) mass is 331 g/mol. The number of fused-ring (bicyclic) bond motifs is 1. The van der Waals surface area contributed by atoms with E-state index in [4.69, 9.17) is 5.21 Å². The maximum absolute atomic E-state index is 12.2. The van der Waals surface area contributed by atoms with Crippen LogP contribution in [0.2, 0.25) is 0 Å². The van der Waals surface area contributed by atoms with Crippen LogP contribution in [0.15, 0.2) is 36.4 Å². The fraction of sp³-hybridized carbons (Fsp3) is 0.368. The van der Waals surface area contributed by atoms with E-state index in [-0.39, 0.29) is 17.2 Å². The van der Waals surface area contributed by atoms with Crippen LogP contribution in [-0.2, 0) is 4.79 Å². The minimum atomic E-state index is -0.354. The lowest BCUT2D eigenvalue weighted by Crippen LogP contribution is -2.17. The van der Waals surface area contributed by atoms with E-state index in [1.807, 2.05) is 24.3 Å². The molecule has 0 aromatic heterocycles. The van der Waals surface area contributed by atoms with Gasteiger partial charge in [-0.1, -0.05) is 48.7 Å². The van der Waals surface area contributed by atoms with Crippen molar-refractivity contribution in [3.8, 4) is 0 Å². The molecule has 4 N–H and O–H groups in total. The minimum absolute atomic E-state index is 0. The van der Waals surface area contributed by atoms with Gasteiger partial charge < -0.3 is 5.48 Å². The van der Waals surface area contributed by atoms with Crippen molar-refractivity contribution in [2.24, 2.45) is 0 Å². The molecule has 0 aliphatic rings. The summed E-state index contributed by atoms with van der Waals surface area (Å²) in [7, 11) is 0. The second-order valence-corrected chi connectivity index (χ2v) is 5.94. The Balaban J connectivity index is 0.00000288. The van der Waals surface area contributed by atoms with Crippen molar-refractivity contribution < 1.29 is 20.3 Å². The van der Waals surface area contributed by atoms with Crippen LogP contribution < -0.4 is 5.48 Å². The summed E-state index contributed by atoms with van der Waals surface area (Å²) in [5.74, 6) is -0.187. The molecule has 0 fully saturated rings. The molecule has 130 valence electrons. The number of rotatable bonds is 8. The van der Waals surface area contributed by atoms with Crippen molar-refractivity contribution in [1.29, 1.82) is 0 Å². The van der Waals surface area contributed by atoms with E-state index >= 15 is 0 Å². The molecule has 0 spiro atoms. The molecule has 5 heteroatoms. The smallest absolute Gasteiger partial charge is 0.243 e. The van der Waals surface area contributed by atoms with Gasteiger partial charge in [0.1, 0.15) is 0 Å². The second kappa shape index (κ2) is 9.80. The van der Waals surface area contributed by atoms with Gasteiger partial charge in [0.25, 0.3) is 0 Å². The lowest BCUT2D eigenvalue weighted by Gasteiger charge is -2.05. The zero-order valence-electron chi connectivity index (χ0n) is 14.0. The molecular formula is C19H25NO4. The molecule has 2 aromatic carbocycles. The molecule has 0 bridgehead atoms. The normalized spacial score (nSPS) is 10.2. The number of carbonyl (C=O) groups is 2. The fourth-order valence-electron chi connectivity index (χ4n) is 2.66. The third-order valence-corrected chi connectivity index (χ3v) is 4.00. The van der Waals surface area contributed by atoms with Crippen LogP contribution in [0.5, 0.6) is 0 Å². The summed E-state index contributed by atoms with van der Waals surface area (Å²) in [5, 5.41) is 10.6. The minimum Gasteiger partial charge on any atom is -0.412 e. The highest BCUT2D eigenvalue weighted by Crippen LogP contribution is 2.19. The van der Waals surface area contributed by atoms with E-state index in [2.05, 4.69) is 19.1 Å². The molecule has 0 atom stereocenters. The zero-order valence-corrected chi connectivity index (χ0v) is 14.0. The quantitative estimate of drug-likeness (QED) is 0.336. The summed E-state index contributed by atoms with van der Waals surface area (Å²) in [6.45, 7) is 2.06. The maximum atomic E-state index is 12.2. The Morgan fingerprint density at radius 3 is 2.25 bits per heavy atom. The lowest BCUT2D eigenvalue weighted by molar-refractivity contribution is -0.129. The average molecular weight is 331 g/mol. The van der Waals surface area contributed by atoms with Gasteiger partial charge in [0.2, 0.25) is 5.91 Å². The van der Waals surface area contributed by atoms with E-state index < -0.39 is 0 Å². The molecule has 24 heavy (non-hydrogen) atoms. The molecule has 0 saturated heterocycles. The van der Waals surface area contributed by atoms with Gasteiger partial charge in [-0.15, -0.1) is 0 Å². The molecular weight excluding hydrogens is 306 g/mol. The third-order valence-electron chi connectivity index (χ3n) is 4.00. The van der Waals surface area contributed by atoms with Crippen molar-refractivity contribution in [1.82, 2.24) is 5.48 Å². The topological polar surface area (TPSA) is 97.9 Å². The van der Waals surface area contributed by atoms with E-state index in [0.717, 1.165) is 42.0 Å². The zero-order chi connectivity index (χ0) is 16.7. The Morgan fingerprint density at radius 1 is 0.917 bits per heavy atom. The van der Waals surface area contributed by atoms with Gasteiger partial charge in [0, 0.05) is 18.4 Å². The fourth-order valence-corrected chi connectivity index (χ4v) is 2.66.